The van der Waals surface area contributed by atoms with Crippen molar-refractivity contribution in [2.24, 2.45) is 0 Å². The number of non-ortho nitro benzene ring substituents is 1. The van der Waals surface area contributed by atoms with E-state index in [1.165, 1.54) is 12.1 Å². The Balaban J connectivity index is 2.09. The molecule has 0 amide bonds. The Bertz CT molecular complexity index is 490. The number of nitro benzene ring substituents is 1. The van der Waals surface area contributed by atoms with Gasteiger partial charge in [0.15, 0.2) is 0 Å². The number of hydrogen-bond donors (Lipinski definition) is 0. The average Bonchev–Trinajstić information content (AvgIpc) is 2.31. The SMILES string of the molecule is O=C1CCCN(Cc2ccc([N+](=O)[O-])cc2Br)C1. The van der Waals surface area contributed by atoms with Crippen LogP contribution in [0, 0.1) is 10.1 Å². The third kappa shape index (κ3) is 3.14. The highest BCUT2D eigenvalue weighted by Gasteiger charge is 2.18. The maximum atomic E-state index is 11.3. The predicted molar refractivity (Wildman–Crippen MR) is 70.3 cm³/mol. The van der Waals surface area contributed by atoms with E-state index in [9.17, 15) is 14.9 Å². The fourth-order valence-corrected chi connectivity index (χ4v) is 2.55. The first-order chi connectivity index (χ1) is 8.56. The Morgan fingerprint density at radius 1 is 1.44 bits per heavy atom. The van der Waals surface area contributed by atoms with Crippen LogP contribution in [0.15, 0.2) is 22.7 Å². The molecule has 1 aromatic carbocycles. The van der Waals surface area contributed by atoms with Gasteiger partial charge in [-0.25, -0.2) is 0 Å². The molecule has 0 unspecified atom stereocenters. The highest BCUT2D eigenvalue weighted by molar-refractivity contribution is 9.10. The molecule has 0 spiro atoms. The number of benzene rings is 1. The Labute approximate surface area is 113 Å². The molecular weight excluding hydrogens is 300 g/mol. The van der Waals surface area contributed by atoms with Crippen LogP contribution in [0.4, 0.5) is 5.69 Å². The van der Waals surface area contributed by atoms with Crippen molar-refractivity contribution in [1.29, 1.82) is 0 Å². The molecule has 0 saturated carbocycles. The van der Waals surface area contributed by atoms with Crippen LogP contribution in [0.2, 0.25) is 0 Å². The lowest BCUT2D eigenvalue weighted by molar-refractivity contribution is -0.384. The number of carbonyl (C=O) groups excluding carboxylic acids is 1. The number of Topliss-reactive ketones (excluding diaryl/α,β-unsaturated/α-hetero) is 1. The number of carbonyl (C=O) groups is 1. The fourth-order valence-electron chi connectivity index (χ4n) is 2.06. The van der Waals surface area contributed by atoms with E-state index in [0.29, 0.717) is 19.5 Å². The topological polar surface area (TPSA) is 63.5 Å². The predicted octanol–water partition coefficient (Wildman–Crippen LogP) is 2.52. The van der Waals surface area contributed by atoms with Crippen LogP contribution in [-0.4, -0.2) is 28.7 Å². The van der Waals surface area contributed by atoms with E-state index < -0.39 is 4.92 Å². The van der Waals surface area contributed by atoms with Crippen molar-refractivity contribution in [2.75, 3.05) is 13.1 Å². The largest absolute Gasteiger partial charge is 0.298 e. The van der Waals surface area contributed by atoms with Gasteiger partial charge in [-0.1, -0.05) is 15.9 Å². The molecule has 2 rings (SSSR count). The molecule has 96 valence electrons. The standard InChI is InChI=1S/C12H13BrN2O3/c13-12-6-10(15(17)18)4-3-9(12)7-14-5-1-2-11(16)8-14/h3-4,6H,1-2,5,7-8H2. The van der Waals surface area contributed by atoms with Crippen LogP contribution in [0.25, 0.3) is 0 Å². The third-order valence-corrected chi connectivity index (χ3v) is 3.71. The quantitative estimate of drug-likeness (QED) is 0.635. The van der Waals surface area contributed by atoms with Crippen molar-refractivity contribution < 1.29 is 9.72 Å². The molecule has 0 aromatic heterocycles. The summed E-state index contributed by atoms with van der Waals surface area (Å²) < 4.78 is 0.717. The number of likely N-dealkylation sites (tertiary alicyclic amines) is 1. The number of hydrogen-bond acceptors (Lipinski definition) is 4. The Hall–Kier alpha value is -1.27. The van der Waals surface area contributed by atoms with E-state index in [-0.39, 0.29) is 11.5 Å². The van der Waals surface area contributed by atoms with Crippen molar-refractivity contribution in [1.82, 2.24) is 4.90 Å². The molecule has 1 aliphatic rings. The van der Waals surface area contributed by atoms with E-state index in [2.05, 4.69) is 20.8 Å². The van der Waals surface area contributed by atoms with Crippen LogP contribution in [0.5, 0.6) is 0 Å². The maximum absolute atomic E-state index is 11.3. The number of nitro groups is 1. The molecule has 1 saturated heterocycles. The number of ketones is 1. The van der Waals surface area contributed by atoms with E-state index in [1.54, 1.807) is 6.07 Å². The summed E-state index contributed by atoms with van der Waals surface area (Å²) in [6, 6.07) is 4.73. The van der Waals surface area contributed by atoms with Gasteiger partial charge in [0.2, 0.25) is 0 Å². The van der Waals surface area contributed by atoms with E-state index in [1.807, 2.05) is 0 Å². The molecule has 0 aliphatic carbocycles. The molecule has 0 atom stereocenters. The smallest absolute Gasteiger partial charge is 0.270 e. The molecular formula is C12H13BrN2O3. The van der Waals surface area contributed by atoms with E-state index in [0.717, 1.165) is 23.0 Å². The highest BCUT2D eigenvalue weighted by atomic mass is 79.9. The summed E-state index contributed by atoms with van der Waals surface area (Å²) >= 11 is 3.34. The van der Waals surface area contributed by atoms with Gasteiger partial charge in [0.1, 0.15) is 5.78 Å². The molecule has 1 heterocycles. The summed E-state index contributed by atoms with van der Waals surface area (Å²) in [7, 11) is 0. The first-order valence-electron chi connectivity index (χ1n) is 5.73. The number of piperidine rings is 1. The lowest BCUT2D eigenvalue weighted by Gasteiger charge is -2.25. The summed E-state index contributed by atoms with van der Waals surface area (Å²) in [5, 5.41) is 10.6. The van der Waals surface area contributed by atoms with Gasteiger partial charge in [0.25, 0.3) is 5.69 Å². The minimum Gasteiger partial charge on any atom is -0.298 e. The van der Waals surface area contributed by atoms with Gasteiger partial charge < -0.3 is 0 Å². The minimum atomic E-state index is -0.418. The lowest BCUT2D eigenvalue weighted by atomic mass is 10.1. The number of nitrogens with zero attached hydrogens (tertiary/aromatic N) is 2. The molecule has 18 heavy (non-hydrogen) atoms. The van der Waals surface area contributed by atoms with Gasteiger partial charge in [-0.3, -0.25) is 19.8 Å². The Kier molecular flexibility index (Phi) is 4.08. The summed E-state index contributed by atoms with van der Waals surface area (Å²) in [5.74, 6) is 0.263. The Morgan fingerprint density at radius 2 is 2.22 bits per heavy atom. The zero-order valence-corrected chi connectivity index (χ0v) is 11.4. The summed E-state index contributed by atoms with van der Waals surface area (Å²) in [4.78, 5) is 23.6. The third-order valence-electron chi connectivity index (χ3n) is 2.97. The molecule has 0 N–H and O–H groups in total. The number of rotatable bonds is 3. The highest BCUT2D eigenvalue weighted by Crippen LogP contribution is 2.24. The zero-order valence-electron chi connectivity index (χ0n) is 9.76. The van der Waals surface area contributed by atoms with Gasteiger partial charge in [-0.05, 0) is 24.6 Å². The number of halogens is 1. The van der Waals surface area contributed by atoms with Crippen LogP contribution in [0.1, 0.15) is 18.4 Å². The minimum absolute atomic E-state index is 0.0698. The lowest BCUT2D eigenvalue weighted by Crippen LogP contribution is -2.35. The van der Waals surface area contributed by atoms with Gasteiger partial charge in [-0.15, -0.1) is 0 Å². The normalized spacial score (nSPS) is 16.8. The Morgan fingerprint density at radius 3 is 2.83 bits per heavy atom. The van der Waals surface area contributed by atoms with Crippen LogP contribution >= 0.6 is 15.9 Å². The molecule has 1 aliphatic heterocycles. The maximum Gasteiger partial charge on any atom is 0.270 e. The molecule has 6 heteroatoms. The van der Waals surface area contributed by atoms with Gasteiger partial charge in [-0.2, -0.15) is 0 Å². The van der Waals surface area contributed by atoms with Crippen molar-refractivity contribution in [3.8, 4) is 0 Å². The monoisotopic (exact) mass is 312 g/mol. The van der Waals surface area contributed by atoms with E-state index in [4.69, 9.17) is 0 Å². The van der Waals surface area contributed by atoms with Gasteiger partial charge in [0, 0.05) is 29.6 Å². The zero-order chi connectivity index (χ0) is 13.1. The second-order valence-corrected chi connectivity index (χ2v) is 5.24. The first kappa shape index (κ1) is 13.2. The molecule has 0 bridgehead atoms. The molecule has 0 radical (unpaired) electrons. The first-order valence-corrected chi connectivity index (χ1v) is 6.52. The van der Waals surface area contributed by atoms with Crippen molar-refractivity contribution in [3.05, 3.63) is 38.3 Å². The summed E-state index contributed by atoms with van der Waals surface area (Å²) in [5.41, 5.74) is 1.04. The second kappa shape index (κ2) is 5.58. The van der Waals surface area contributed by atoms with Crippen molar-refractivity contribution >= 4 is 27.4 Å². The average molecular weight is 313 g/mol. The van der Waals surface area contributed by atoms with E-state index >= 15 is 0 Å². The molecule has 1 aromatic rings. The van der Waals surface area contributed by atoms with Gasteiger partial charge in [0.05, 0.1) is 11.5 Å². The van der Waals surface area contributed by atoms with Crippen molar-refractivity contribution in [3.63, 3.8) is 0 Å². The summed E-state index contributed by atoms with van der Waals surface area (Å²) in [6.45, 7) is 2.02. The molecule has 5 nitrogen and oxygen atoms in total. The van der Waals surface area contributed by atoms with Crippen LogP contribution < -0.4 is 0 Å². The van der Waals surface area contributed by atoms with Crippen molar-refractivity contribution in [2.45, 2.75) is 19.4 Å². The molecule has 1 fully saturated rings. The van der Waals surface area contributed by atoms with Crippen LogP contribution in [0.3, 0.4) is 0 Å². The fraction of sp³-hybridized carbons (Fsp3) is 0.417. The van der Waals surface area contributed by atoms with Gasteiger partial charge >= 0.3 is 0 Å². The van der Waals surface area contributed by atoms with Crippen LogP contribution in [-0.2, 0) is 11.3 Å². The second-order valence-electron chi connectivity index (χ2n) is 4.39. The summed E-state index contributed by atoms with van der Waals surface area (Å²) in [6.07, 6.45) is 1.56.